The summed E-state index contributed by atoms with van der Waals surface area (Å²) in [6.45, 7) is 5.90. The van der Waals surface area contributed by atoms with Crippen LogP contribution in [-0.4, -0.2) is 5.91 Å². The topological polar surface area (TPSA) is 29.1 Å². The van der Waals surface area contributed by atoms with Gasteiger partial charge in [-0.05, 0) is 54.7 Å². The summed E-state index contributed by atoms with van der Waals surface area (Å²) in [6, 6.07) is 12.2. The number of amides is 1. The minimum Gasteiger partial charge on any atom is -0.322 e. The molecular formula is C18H20FNO. The Morgan fingerprint density at radius 1 is 1.24 bits per heavy atom. The molecule has 0 radical (unpaired) electrons. The average Bonchev–Trinajstić information content (AvgIpc) is 2.49. The molecule has 110 valence electrons. The molecule has 2 aromatic carbocycles. The first-order valence-electron chi connectivity index (χ1n) is 7.19. The fourth-order valence-electron chi connectivity index (χ4n) is 2.24. The van der Waals surface area contributed by atoms with Crippen molar-refractivity contribution in [2.45, 2.75) is 33.1 Å². The number of nitrogens with one attached hydrogen (secondary N) is 1. The third-order valence-electron chi connectivity index (χ3n) is 3.77. The fraction of sp³-hybridized carbons (Fsp3) is 0.278. The predicted octanol–water partition coefficient (Wildman–Crippen LogP) is 4.90. The number of carbonyl (C=O) groups excluding carboxylic acids is 1. The van der Waals surface area contributed by atoms with Gasteiger partial charge < -0.3 is 5.32 Å². The number of para-hydroxylation sites is 1. The third kappa shape index (κ3) is 3.48. The molecule has 0 bridgehead atoms. The summed E-state index contributed by atoms with van der Waals surface area (Å²) in [5.41, 5.74) is 2.87. The molecule has 0 heterocycles. The number of hydrogen-bond acceptors (Lipinski definition) is 1. The van der Waals surface area contributed by atoms with E-state index in [2.05, 4.69) is 19.2 Å². The first-order valence-corrected chi connectivity index (χ1v) is 7.19. The first kappa shape index (κ1) is 15.2. The molecule has 1 unspecified atom stereocenters. The van der Waals surface area contributed by atoms with E-state index in [9.17, 15) is 9.18 Å². The fourth-order valence-corrected chi connectivity index (χ4v) is 2.24. The lowest BCUT2D eigenvalue weighted by molar-refractivity contribution is 0.102. The van der Waals surface area contributed by atoms with Crippen molar-refractivity contribution in [1.29, 1.82) is 0 Å². The standard InChI is InChI=1S/C18H20FNO/c1-4-12(2)15-7-5-6-8-17(15)20-18(21)14-9-10-16(19)13(3)11-14/h5-12H,4H2,1-3H3,(H,20,21). The van der Waals surface area contributed by atoms with Crippen LogP contribution in [0.4, 0.5) is 10.1 Å². The summed E-state index contributed by atoms with van der Waals surface area (Å²) < 4.78 is 13.3. The smallest absolute Gasteiger partial charge is 0.255 e. The number of anilines is 1. The first-order chi connectivity index (χ1) is 10.0. The maximum absolute atomic E-state index is 13.3. The van der Waals surface area contributed by atoms with Crippen LogP contribution in [0.15, 0.2) is 42.5 Å². The molecule has 0 spiro atoms. The second-order valence-electron chi connectivity index (χ2n) is 5.31. The molecule has 1 atom stereocenters. The van der Waals surface area contributed by atoms with E-state index in [1.54, 1.807) is 13.0 Å². The summed E-state index contributed by atoms with van der Waals surface area (Å²) in [5, 5.41) is 2.93. The van der Waals surface area contributed by atoms with Crippen molar-refractivity contribution in [2.75, 3.05) is 5.32 Å². The van der Waals surface area contributed by atoms with Gasteiger partial charge in [0.25, 0.3) is 5.91 Å². The molecule has 2 rings (SSSR count). The lowest BCUT2D eigenvalue weighted by atomic mass is 9.96. The van der Waals surface area contributed by atoms with Crippen LogP contribution < -0.4 is 5.32 Å². The van der Waals surface area contributed by atoms with E-state index in [1.165, 1.54) is 12.1 Å². The van der Waals surface area contributed by atoms with Gasteiger partial charge in [-0.2, -0.15) is 0 Å². The van der Waals surface area contributed by atoms with Crippen molar-refractivity contribution in [3.63, 3.8) is 0 Å². The molecule has 0 saturated heterocycles. The van der Waals surface area contributed by atoms with Crippen molar-refractivity contribution in [1.82, 2.24) is 0 Å². The van der Waals surface area contributed by atoms with Crippen LogP contribution in [0.25, 0.3) is 0 Å². The minimum atomic E-state index is -0.299. The normalized spacial score (nSPS) is 12.0. The SMILES string of the molecule is CCC(C)c1ccccc1NC(=O)c1ccc(F)c(C)c1. The summed E-state index contributed by atoms with van der Waals surface area (Å²) in [4.78, 5) is 12.3. The largest absolute Gasteiger partial charge is 0.322 e. The molecule has 0 aliphatic heterocycles. The zero-order valence-corrected chi connectivity index (χ0v) is 12.6. The van der Waals surface area contributed by atoms with Crippen LogP contribution in [0.5, 0.6) is 0 Å². The highest BCUT2D eigenvalue weighted by Gasteiger charge is 2.13. The quantitative estimate of drug-likeness (QED) is 0.850. The van der Waals surface area contributed by atoms with Gasteiger partial charge in [0.2, 0.25) is 0 Å². The Hall–Kier alpha value is -2.16. The number of rotatable bonds is 4. The highest BCUT2D eigenvalue weighted by Crippen LogP contribution is 2.27. The zero-order chi connectivity index (χ0) is 15.4. The van der Waals surface area contributed by atoms with Gasteiger partial charge in [-0.1, -0.05) is 32.0 Å². The minimum absolute atomic E-state index is 0.214. The Balaban J connectivity index is 2.25. The molecular weight excluding hydrogens is 265 g/mol. The molecule has 2 nitrogen and oxygen atoms in total. The monoisotopic (exact) mass is 285 g/mol. The maximum Gasteiger partial charge on any atom is 0.255 e. The Kier molecular flexibility index (Phi) is 4.73. The van der Waals surface area contributed by atoms with E-state index in [0.717, 1.165) is 17.7 Å². The van der Waals surface area contributed by atoms with Crippen LogP contribution in [0.3, 0.4) is 0 Å². The van der Waals surface area contributed by atoms with Gasteiger partial charge in [-0.3, -0.25) is 4.79 Å². The third-order valence-corrected chi connectivity index (χ3v) is 3.77. The number of benzene rings is 2. The summed E-state index contributed by atoms with van der Waals surface area (Å²) in [6.07, 6.45) is 1.00. The number of aryl methyl sites for hydroxylation is 1. The van der Waals surface area contributed by atoms with Crippen LogP contribution in [-0.2, 0) is 0 Å². The van der Waals surface area contributed by atoms with Crippen molar-refractivity contribution in [3.05, 3.63) is 65.0 Å². The van der Waals surface area contributed by atoms with E-state index in [4.69, 9.17) is 0 Å². The van der Waals surface area contributed by atoms with E-state index in [0.29, 0.717) is 17.0 Å². The van der Waals surface area contributed by atoms with Crippen LogP contribution >= 0.6 is 0 Å². The van der Waals surface area contributed by atoms with Crippen molar-refractivity contribution in [2.24, 2.45) is 0 Å². The summed E-state index contributed by atoms with van der Waals surface area (Å²) >= 11 is 0. The van der Waals surface area contributed by atoms with Crippen molar-refractivity contribution >= 4 is 11.6 Å². The molecule has 21 heavy (non-hydrogen) atoms. The van der Waals surface area contributed by atoms with Crippen molar-refractivity contribution < 1.29 is 9.18 Å². The highest BCUT2D eigenvalue weighted by molar-refractivity contribution is 6.04. The second-order valence-corrected chi connectivity index (χ2v) is 5.31. The molecule has 3 heteroatoms. The number of halogens is 1. The Morgan fingerprint density at radius 2 is 1.95 bits per heavy atom. The predicted molar refractivity (Wildman–Crippen MR) is 84.2 cm³/mol. The van der Waals surface area contributed by atoms with Crippen molar-refractivity contribution in [3.8, 4) is 0 Å². The number of hydrogen-bond donors (Lipinski definition) is 1. The van der Waals surface area contributed by atoms with E-state index in [1.807, 2.05) is 24.3 Å². The molecule has 0 saturated carbocycles. The average molecular weight is 285 g/mol. The molecule has 1 amide bonds. The second kappa shape index (κ2) is 6.53. The Morgan fingerprint density at radius 3 is 2.62 bits per heavy atom. The van der Waals surface area contributed by atoms with Gasteiger partial charge in [-0.15, -0.1) is 0 Å². The summed E-state index contributed by atoms with van der Waals surface area (Å²) in [7, 11) is 0. The van der Waals surface area contributed by atoms with Crippen LogP contribution in [0.1, 0.15) is 47.7 Å². The Labute approximate surface area is 125 Å². The van der Waals surface area contributed by atoms with Gasteiger partial charge in [0.1, 0.15) is 5.82 Å². The van der Waals surface area contributed by atoms with Gasteiger partial charge in [0.05, 0.1) is 0 Å². The van der Waals surface area contributed by atoms with Crippen LogP contribution in [0.2, 0.25) is 0 Å². The van der Waals surface area contributed by atoms with Gasteiger partial charge >= 0.3 is 0 Å². The molecule has 0 aliphatic rings. The Bertz CT molecular complexity index is 651. The molecule has 0 aromatic heterocycles. The summed E-state index contributed by atoms with van der Waals surface area (Å²) in [5.74, 6) is -0.142. The van der Waals surface area contributed by atoms with Crippen LogP contribution in [0, 0.1) is 12.7 Å². The zero-order valence-electron chi connectivity index (χ0n) is 12.6. The highest BCUT2D eigenvalue weighted by atomic mass is 19.1. The molecule has 0 aliphatic carbocycles. The lowest BCUT2D eigenvalue weighted by Gasteiger charge is -2.15. The maximum atomic E-state index is 13.3. The van der Waals surface area contributed by atoms with E-state index >= 15 is 0 Å². The van der Waals surface area contributed by atoms with E-state index < -0.39 is 0 Å². The van der Waals surface area contributed by atoms with Gasteiger partial charge in [0, 0.05) is 11.3 Å². The molecule has 0 fully saturated rings. The van der Waals surface area contributed by atoms with Gasteiger partial charge in [-0.25, -0.2) is 4.39 Å². The molecule has 2 aromatic rings. The van der Waals surface area contributed by atoms with E-state index in [-0.39, 0.29) is 11.7 Å². The number of carbonyl (C=O) groups is 1. The lowest BCUT2D eigenvalue weighted by Crippen LogP contribution is -2.14. The van der Waals surface area contributed by atoms with Gasteiger partial charge in [0.15, 0.2) is 0 Å². The molecule has 1 N–H and O–H groups in total.